The van der Waals surface area contributed by atoms with Crippen LogP contribution in [0.15, 0.2) is 18.2 Å². The Kier molecular flexibility index (Phi) is 3.50. The summed E-state index contributed by atoms with van der Waals surface area (Å²) in [5.74, 6) is -0.436. The third-order valence-electron chi connectivity index (χ3n) is 4.02. The lowest BCUT2D eigenvalue weighted by molar-refractivity contribution is -0.247. The third kappa shape index (κ3) is 2.93. The van der Waals surface area contributed by atoms with Crippen molar-refractivity contribution >= 4 is 5.69 Å². The lowest BCUT2D eigenvalue weighted by Crippen LogP contribution is -2.45. The first kappa shape index (κ1) is 12.9. The van der Waals surface area contributed by atoms with Crippen LogP contribution in [0.3, 0.4) is 0 Å². The molecule has 0 atom stereocenters. The van der Waals surface area contributed by atoms with Gasteiger partial charge in [0.1, 0.15) is 0 Å². The van der Waals surface area contributed by atoms with E-state index < -0.39 is 5.79 Å². The molecule has 19 heavy (non-hydrogen) atoms. The second-order valence-corrected chi connectivity index (χ2v) is 6.01. The Bertz CT molecular complexity index is 446. The van der Waals surface area contributed by atoms with Crippen molar-refractivity contribution < 1.29 is 9.47 Å². The average molecular weight is 261 g/mol. The summed E-state index contributed by atoms with van der Waals surface area (Å²) in [4.78, 5) is 0. The van der Waals surface area contributed by atoms with Crippen molar-refractivity contribution in [1.29, 1.82) is 0 Å². The summed E-state index contributed by atoms with van der Waals surface area (Å²) in [6, 6.07) is 6.85. The normalized spacial score (nSPS) is 22.8. The van der Waals surface area contributed by atoms with Crippen LogP contribution in [0, 0.1) is 0 Å². The maximum Gasteiger partial charge on any atom is 0.162 e. The predicted octanol–water partition coefficient (Wildman–Crippen LogP) is 3.13. The first-order valence-electron chi connectivity index (χ1n) is 7.29. The minimum atomic E-state index is -0.436. The Hall–Kier alpha value is -1.06. The molecule has 3 heteroatoms. The standard InChI is InChI=1S/C16H23NO2/c1-16(2)18-10-13(11-19-16)17-15-9-5-7-12-6-3-4-8-14(12)15/h5,7,9,13,17H,3-4,6,8,10-11H2,1-2H3. The van der Waals surface area contributed by atoms with Gasteiger partial charge in [0, 0.05) is 5.69 Å². The molecule has 1 N–H and O–H groups in total. The number of aryl methyl sites for hydroxylation is 1. The Morgan fingerprint density at radius 1 is 1.11 bits per heavy atom. The molecule has 2 aliphatic rings. The summed E-state index contributed by atoms with van der Waals surface area (Å²) < 4.78 is 11.4. The number of rotatable bonds is 2. The zero-order valence-corrected chi connectivity index (χ0v) is 11.9. The van der Waals surface area contributed by atoms with Crippen molar-refractivity contribution in [2.24, 2.45) is 0 Å². The van der Waals surface area contributed by atoms with Crippen molar-refractivity contribution in [3.8, 4) is 0 Å². The third-order valence-corrected chi connectivity index (χ3v) is 4.02. The minimum Gasteiger partial charge on any atom is -0.377 e. The first-order chi connectivity index (χ1) is 9.14. The summed E-state index contributed by atoms with van der Waals surface area (Å²) in [5.41, 5.74) is 4.28. The predicted molar refractivity (Wildman–Crippen MR) is 76.5 cm³/mol. The molecule has 0 unspecified atom stereocenters. The van der Waals surface area contributed by atoms with Crippen LogP contribution in [0.1, 0.15) is 37.8 Å². The fourth-order valence-corrected chi connectivity index (χ4v) is 2.91. The van der Waals surface area contributed by atoms with Gasteiger partial charge in [0.15, 0.2) is 5.79 Å². The molecule has 1 aromatic rings. The number of benzene rings is 1. The molecule has 0 aromatic heterocycles. The molecule has 0 saturated carbocycles. The summed E-state index contributed by atoms with van der Waals surface area (Å²) >= 11 is 0. The second-order valence-electron chi connectivity index (χ2n) is 6.01. The van der Waals surface area contributed by atoms with Crippen LogP contribution in [-0.2, 0) is 22.3 Å². The molecule has 3 rings (SSSR count). The van der Waals surface area contributed by atoms with E-state index >= 15 is 0 Å². The van der Waals surface area contributed by atoms with E-state index in [1.54, 1.807) is 0 Å². The van der Waals surface area contributed by atoms with E-state index in [0.29, 0.717) is 13.2 Å². The van der Waals surface area contributed by atoms with E-state index in [1.807, 2.05) is 13.8 Å². The zero-order chi connectivity index (χ0) is 13.3. The molecular formula is C16H23NO2. The highest BCUT2D eigenvalue weighted by Gasteiger charge is 2.28. The summed E-state index contributed by atoms with van der Waals surface area (Å²) in [6.07, 6.45) is 5.03. The van der Waals surface area contributed by atoms with Gasteiger partial charge in [-0.3, -0.25) is 0 Å². The van der Waals surface area contributed by atoms with E-state index in [-0.39, 0.29) is 6.04 Å². The molecule has 1 aliphatic carbocycles. The highest BCUT2D eigenvalue weighted by Crippen LogP contribution is 2.29. The van der Waals surface area contributed by atoms with Crippen LogP contribution < -0.4 is 5.32 Å². The topological polar surface area (TPSA) is 30.5 Å². The maximum atomic E-state index is 5.71. The second kappa shape index (κ2) is 5.14. The van der Waals surface area contributed by atoms with Crippen molar-refractivity contribution in [1.82, 2.24) is 0 Å². The molecule has 3 nitrogen and oxygen atoms in total. The number of nitrogens with one attached hydrogen (secondary N) is 1. The van der Waals surface area contributed by atoms with Crippen molar-refractivity contribution in [3.05, 3.63) is 29.3 Å². The van der Waals surface area contributed by atoms with Gasteiger partial charge in [0.05, 0.1) is 19.3 Å². The molecule has 1 saturated heterocycles. The van der Waals surface area contributed by atoms with Crippen LogP contribution in [0.2, 0.25) is 0 Å². The Labute approximate surface area is 115 Å². The molecule has 0 spiro atoms. The van der Waals surface area contributed by atoms with E-state index in [9.17, 15) is 0 Å². The molecule has 1 fully saturated rings. The van der Waals surface area contributed by atoms with Gasteiger partial charge in [-0.25, -0.2) is 0 Å². The highest BCUT2D eigenvalue weighted by molar-refractivity contribution is 5.56. The van der Waals surface area contributed by atoms with Crippen molar-refractivity contribution in [2.75, 3.05) is 18.5 Å². The number of hydrogen-bond donors (Lipinski definition) is 1. The van der Waals surface area contributed by atoms with E-state index in [2.05, 4.69) is 23.5 Å². The minimum absolute atomic E-state index is 0.251. The van der Waals surface area contributed by atoms with Gasteiger partial charge in [-0.05, 0) is 56.7 Å². The Balaban J connectivity index is 1.70. The zero-order valence-electron chi connectivity index (χ0n) is 11.9. The van der Waals surface area contributed by atoms with Crippen LogP contribution in [0.25, 0.3) is 0 Å². The van der Waals surface area contributed by atoms with Crippen LogP contribution >= 0.6 is 0 Å². The van der Waals surface area contributed by atoms with Gasteiger partial charge in [-0.1, -0.05) is 12.1 Å². The molecule has 1 aromatic carbocycles. The molecule has 0 radical (unpaired) electrons. The number of hydrogen-bond acceptors (Lipinski definition) is 3. The fourth-order valence-electron chi connectivity index (χ4n) is 2.91. The molecule has 0 amide bonds. The lowest BCUT2D eigenvalue weighted by atomic mass is 9.90. The van der Waals surface area contributed by atoms with Gasteiger partial charge in [-0.2, -0.15) is 0 Å². The lowest BCUT2D eigenvalue weighted by Gasteiger charge is -2.36. The Morgan fingerprint density at radius 2 is 1.84 bits per heavy atom. The number of fused-ring (bicyclic) bond motifs is 1. The van der Waals surface area contributed by atoms with Gasteiger partial charge in [0.25, 0.3) is 0 Å². The van der Waals surface area contributed by atoms with Crippen LogP contribution in [0.4, 0.5) is 5.69 Å². The SMILES string of the molecule is CC1(C)OCC(Nc2cccc3c2CCCC3)CO1. The summed E-state index contributed by atoms with van der Waals surface area (Å²) in [5, 5.41) is 3.60. The molecule has 0 bridgehead atoms. The quantitative estimate of drug-likeness (QED) is 0.887. The fraction of sp³-hybridized carbons (Fsp3) is 0.625. The van der Waals surface area contributed by atoms with E-state index in [0.717, 1.165) is 0 Å². The molecule has 1 aliphatic heterocycles. The monoisotopic (exact) mass is 261 g/mol. The van der Waals surface area contributed by atoms with Crippen LogP contribution in [-0.4, -0.2) is 25.0 Å². The van der Waals surface area contributed by atoms with Gasteiger partial charge >= 0.3 is 0 Å². The molecular weight excluding hydrogens is 238 g/mol. The van der Waals surface area contributed by atoms with Gasteiger partial charge < -0.3 is 14.8 Å². The molecule has 1 heterocycles. The largest absolute Gasteiger partial charge is 0.377 e. The van der Waals surface area contributed by atoms with Gasteiger partial charge in [0.2, 0.25) is 0 Å². The van der Waals surface area contributed by atoms with Crippen molar-refractivity contribution in [2.45, 2.75) is 51.4 Å². The molecule has 104 valence electrons. The first-order valence-corrected chi connectivity index (χ1v) is 7.29. The summed E-state index contributed by atoms with van der Waals surface area (Å²) in [6.45, 7) is 5.34. The average Bonchev–Trinajstić information content (AvgIpc) is 2.42. The smallest absolute Gasteiger partial charge is 0.162 e. The van der Waals surface area contributed by atoms with Crippen LogP contribution in [0.5, 0.6) is 0 Å². The summed E-state index contributed by atoms with van der Waals surface area (Å²) in [7, 11) is 0. The van der Waals surface area contributed by atoms with Gasteiger partial charge in [-0.15, -0.1) is 0 Å². The Morgan fingerprint density at radius 3 is 2.63 bits per heavy atom. The number of anilines is 1. The van der Waals surface area contributed by atoms with E-state index in [1.165, 1.54) is 42.5 Å². The maximum absolute atomic E-state index is 5.71. The highest BCUT2D eigenvalue weighted by atomic mass is 16.7. The van der Waals surface area contributed by atoms with Crippen molar-refractivity contribution in [3.63, 3.8) is 0 Å². The van der Waals surface area contributed by atoms with E-state index in [4.69, 9.17) is 9.47 Å². The number of ether oxygens (including phenoxy) is 2.